The van der Waals surface area contributed by atoms with Gasteiger partial charge in [-0.2, -0.15) is 0 Å². The molecule has 4 heteroatoms. The highest BCUT2D eigenvalue weighted by atomic mass is 16.4. The van der Waals surface area contributed by atoms with E-state index >= 15 is 0 Å². The third-order valence-electron chi connectivity index (χ3n) is 3.47. The van der Waals surface area contributed by atoms with Gasteiger partial charge >= 0.3 is 0 Å². The highest BCUT2D eigenvalue weighted by Gasteiger charge is 2.11. The molecule has 1 fully saturated rings. The molecule has 0 aliphatic carbocycles. The number of hydrogen-bond acceptors (Lipinski definition) is 3. The second-order valence-electron chi connectivity index (χ2n) is 4.94. The fraction of sp³-hybridized carbons (Fsp3) is 0.846. The highest BCUT2D eigenvalue weighted by molar-refractivity contribution is 6.27. The summed E-state index contributed by atoms with van der Waals surface area (Å²) in [4.78, 5) is 12.8. The summed E-state index contributed by atoms with van der Waals surface area (Å²) in [5.74, 6) is -0.0744. The number of nitrogens with zero attached hydrogens (tertiary/aromatic N) is 1. The number of likely N-dealkylation sites (tertiary alicyclic amines) is 1. The minimum Gasteiger partial charge on any atom is -0.411 e. The molecule has 2 N–H and O–H groups in total. The quantitative estimate of drug-likeness (QED) is 0.303. The van der Waals surface area contributed by atoms with Crippen LogP contribution in [-0.4, -0.2) is 36.8 Å². The first-order chi connectivity index (χ1) is 8.33. The summed E-state index contributed by atoms with van der Waals surface area (Å²) in [6, 6.07) is 0. The number of Topliss-reactive ketones (excluding diaryl/α,β-unsaturated/α-hetero) is 1. The maximum absolute atomic E-state index is 11.0. The molecule has 0 atom stereocenters. The Kier molecular flexibility index (Phi) is 7.63. The van der Waals surface area contributed by atoms with Crippen molar-refractivity contribution in [2.24, 2.45) is 5.16 Å². The lowest BCUT2D eigenvalue weighted by Crippen LogP contribution is -3.11. The average molecular weight is 241 g/mol. The SMILES string of the molecule is O=C(/C=N\O)CCCCC[NH+]1CCCCCC1. The molecule has 0 spiro atoms. The lowest BCUT2D eigenvalue weighted by atomic mass is 10.1. The zero-order valence-electron chi connectivity index (χ0n) is 10.7. The van der Waals surface area contributed by atoms with Gasteiger partial charge in [0, 0.05) is 6.42 Å². The molecular weight excluding hydrogens is 216 g/mol. The van der Waals surface area contributed by atoms with Crippen LogP contribution in [0, 0.1) is 0 Å². The first kappa shape index (κ1) is 14.2. The first-order valence-corrected chi connectivity index (χ1v) is 6.87. The summed E-state index contributed by atoms with van der Waals surface area (Å²) >= 11 is 0. The van der Waals surface area contributed by atoms with Crippen molar-refractivity contribution in [3.05, 3.63) is 0 Å². The number of oxime groups is 1. The van der Waals surface area contributed by atoms with Crippen molar-refractivity contribution in [3.63, 3.8) is 0 Å². The number of quaternary nitrogens is 1. The molecule has 1 saturated heterocycles. The molecule has 1 aliphatic rings. The molecule has 0 radical (unpaired) electrons. The first-order valence-electron chi connectivity index (χ1n) is 6.87. The fourth-order valence-corrected chi connectivity index (χ4v) is 2.46. The van der Waals surface area contributed by atoms with Crippen LogP contribution in [0.4, 0.5) is 0 Å². The molecule has 0 amide bonds. The average Bonchev–Trinajstić information content (AvgIpc) is 2.57. The summed E-state index contributed by atoms with van der Waals surface area (Å²) in [5.41, 5.74) is 0. The standard InChI is InChI=1S/C13H24N2O2/c16-13(12-14-17)8-4-3-7-11-15-9-5-1-2-6-10-15/h12,17H,1-11H2/p+1/b14-12-. The Morgan fingerprint density at radius 2 is 1.82 bits per heavy atom. The molecule has 0 saturated carbocycles. The normalized spacial score (nSPS) is 18.4. The predicted molar refractivity (Wildman–Crippen MR) is 67.8 cm³/mol. The summed E-state index contributed by atoms with van der Waals surface area (Å²) < 4.78 is 0. The van der Waals surface area contributed by atoms with E-state index in [1.54, 1.807) is 4.90 Å². The number of unbranched alkanes of at least 4 members (excludes halogenated alkanes) is 2. The smallest absolute Gasteiger partial charge is 0.177 e. The van der Waals surface area contributed by atoms with E-state index in [0.29, 0.717) is 6.42 Å². The van der Waals surface area contributed by atoms with Crippen LogP contribution in [0.3, 0.4) is 0 Å². The van der Waals surface area contributed by atoms with Crippen LogP contribution in [0.15, 0.2) is 5.16 Å². The summed E-state index contributed by atoms with van der Waals surface area (Å²) in [7, 11) is 0. The second kappa shape index (κ2) is 9.16. The zero-order chi connectivity index (χ0) is 12.3. The fourth-order valence-electron chi connectivity index (χ4n) is 2.46. The zero-order valence-corrected chi connectivity index (χ0v) is 10.7. The lowest BCUT2D eigenvalue weighted by Gasteiger charge is -2.16. The Morgan fingerprint density at radius 1 is 1.12 bits per heavy atom. The van der Waals surface area contributed by atoms with E-state index in [1.807, 2.05) is 0 Å². The Morgan fingerprint density at radius 3 is 2.47 bits per heavy atom. The van der Waals surface area contributed by atoms with E-state index in [1.165, 1.54) is 51.7 Å². The molecule has 0 aromatic carbocycles. The topological polar surface area (TPSA) is 54.1 Å². The van der Waals surface area contributed by atoms with Crippen molar-refractivity contribution in [2.45, 2.75) is 51.4 Å². The third kappa shape index (κ3) is 7.10. The maximum Gasteiger partial charge on any atom is 0.177 e. The molecule has 98 valence electrons. The summed E-state index contributed by atoms with van der Waals surface area (Å²) in [6.45, 7) is 3.91. The van der Waals surface area contributed by atoms with Crippen molar-refractivity contribution >= 4 is 12.0 Å². The largest absolute Gasteiger partial charge is 0.411 e. The second-order valence-corrected chi connectivity index (χ2v) is 4.94. The number of nitrogens with one attached hydrogen (secondary N) is 1. The molecule has 1 heterocycles. The number of carbonyl (C=O) groups excluding carboxylic acids is 1. The van der Waals surface area contributed by atoms with E-state index in [0.717, 1.165) is 19.1 Å². The van der Waals surface area contributed by atoms with Crippen LogP contribution in [0.25, 0.3) is 0 Å². The molecular formula is C13H25N2O2+. The van der Waals surface area contributed by atoms with Crippen LogP contribution in [0.5, 0.6) is 0 Å². The van der Waals surface area contributed by atoms with Gasteiger partial charge in [0.05, 0.1) is 19.6 Å². The summed E-state index contributed by atoms with van der Waals surface area (Å²) in [5, 5.41) is 10.9. The van der Waals surface area contributed by atoms with Gasteiger partial charge in [-0.05, 0) is 44.9 Å². The maximum atomic E-state index is 11.0. The molecule has 0 bridgehead atoms. The van der Waals surface area contributed by atoms with Gasteiger partial charge in [0.15, 0.2) is 5.78 Å². The summed E-state index contributed by atoms with van der Waals surface area (Å²) in [6.07, 6.45) is 10.3. The van der Waals surface area contributed by atoms with E-state index in [2.05, 4.69) is 5.16 Å². The van der Waals surface area contributed by atoms with Crippen molar-refractivity contribution in [3.8, 4) is 0 Å². The Hall–Kier alpha value is -0.900. The van der Waals surface area contributed by atoms with Crippen molar-refractivity contribution in [1.82, 2.24) is 0 Å². The molecule has 4 nitrogen and oxygen atoms in total. The monoisotopic (exact) mass is 241 g/mol. The number of rotatable bonds is 7. The van der Waals surface area contributed by atoms with E-state index in [9.17, 15) is 4.79 Å². The van der Waals surface area contributed by atoms with Gasteiger partial charge < -0.3 is 10.1 Å². The Bertz CT molecular complexity index is 234. The van der Waals surface area contributed by atoms with Crippen LogP contribution in [0.1, 0.15) is 51.4 Å². The van der Waals surface area contributed by atoms with Gasteiger partial charge in [-0.1, -0.05) is 5.16 Å². The lowest BCUT2D eigenvalue weighted by molar-refractivity contribution is -0.899. The molecule has 0 aromatic heterocycles. The molecule has 0 unspecified atom stereocenters. The van der Waals surface area contributed by atoms with Crippen LogP contribution in [-0.2, 0) is 4.79 Å². The minimum absolute atomic E-state index is 0.0744. The van der Waals surface area contributed by atoms with Gasteiger partial charge in [0.1, 0.15) is 6.21 Å². The van der Waals surface area contributed by atoms with Gasteiger partial charge in [-0.3, -0.25) is 4.79 Å². The third-order valence-corrected chi connectivity index (χ3v) is 3.47. The molecule has 1 aliphatic heterocycles. The predicted octanol–water partition coefficient (Wildman–Crippen LogP) is 1.03. The van der Waals surface area contributed by atoms with Crippen molar-refractivity contribution in [1.29, 1.82) is 0 Å². The van der Waals surface area contributed by atoms with E-state index in [4.69, 9.17) is 5.21 Å². The number of ketones is 1. The Balaban J connectivity index is 1.97. The highest BCUT2D eigenvalue weighted by Crippen LogP contribution is 2.01. The number of carbonyl (C=O) groups is 1. The van der Waals surface area contributed by atoms with Crippen molar-refractivity contribution < 1.29 is 14.9 Å². The van der Waals surface area contributed by atoms with Gasteiger partial charge in [0.25, 0.3) is 0 Å². The Labute approximate surface area is 104 Å². The van der Waals surface area contributed by atoms with Crippen molar-refractivity contribution in [2.75, 3.05) is 19.6 Å². The molecule has 17 heavy (non-hydrogen) atoms. The van der Waals surface area contributed by atoms with Gasteiger partial charge in [0.2, 0.25) is 0 Å². The van der Waals surface area contributed by atoms with Gasteiger partial charge in [-0.15, -0.1) is 0 Å². The van der Waals surface area contributed by atoms with Crippen LogP contribution >= 0.6 is 0 Å². The van der Waals surface area contributed by atoms with E-state index in [-0.39, 0.29) is 5.78 Å². The minimum atomic E-state index is -0.0744. The van der Waals surface area contributed by atoms with Crippen LogP contribution < -0.4 is 4.90 Å². The van der Waals surface area contributed by atoms with E-state index < -0.39 is 0 Å². The molecule has 0 aromatic rings. The number of hydrogen-bond donors (Lipinski definition) is 2. The van der Waals surface area contributed by atoms with Gasteiger partial charge in [-0.25, -0.2) is 0 Å². The van der Waals surface area contributed by atoms with Crippen LogP contribution in [0.2, 0.25) is 0 Å². The molecule has 1 rings (SSSR count).